The molecule has 122 valence electrons. The van der Waals surface area contributed by atoms with Crippen molar-refractivity contribution < 1.29 is 13.8 Å². The summed E-state index contributed by atoms with van der Waals surface area (Å²) < 4.78 is 12.8. The molecule has 7 nitrogen and oxygen atoms in total. The predicted octanol–water partition coefficient (Wildman–Crippen LogP) is 0.699. The van der Waals surface area contributed by atoms with Crippen molar-refractivity contribution in [2.45, 2.75) is 25.3 Å². The lowest BCUT2D eigenvalue weighted by Gasteiger charge is -2.08. The van der Waals surface area contributed by atoms with Crippen LogP contribution >= 0.6 is 0 Å². The van der Waals surface area contributed by atoms with Gasteiger partial charge in [0, 0.05) is 33.2 Å². The summed E-state index contributed by atoms with van der Waals surface area (Å²) in [6.45, 7) is 3.72. The second-order valence-electron chi connectivity index (χ2n) is 5.07. The maximum atomic E-state index is 11.9. The Labute approximate surface area is 136 Å². The number of hydrogen-bond acceptors (Lipinski definition) is 4. The predicted molar refractivity (Wildman–Crippen MR) is 86.1 cm³/mol. The quantitative estimate of drug-likeness (QED) is 0.805. The van der Waals surface area contributed by atoms with Gasteiger partial charge in [-0.3, -0.25) is 29.3 Å². The fourth-order valence-electron chi connectivity index (χ4n) is 2.01. The molecule has 2 rings (SSSR count). The SMILES string of the molecule is Cc1cc(C)n(CC(=O)NNC(=O)c2ccc(S(C)=O)cc2)n1. The molecule has 0 aliphatic carbocycles. The number of aromatic nitrogens is 2. The first-order valence-corrected chi connectivity index (χ1v) is 8.46. The van der Waals surface area contributed by atoms with Crippen molar-refractivity contribution >= 4 is 22.6 Å². The fourth-order valence-corrected chi connectivity index (χ4v) is 2.53. The Hall–Kier alpha value is -2.48. The van der Waals surface area contributed by atoms with Crippen molar-refractivity contribution in [3.05, 3.63) is 47.3 Å². The summed E-state index contributed by atoms with van der Waals surface area (Å²) in [7, 11) is -1.10. The summed E-state index contributed by atoms with van der Waals surface area (Å²) in [6.07, 6.45) is 1.56. The van der Waals surface area contributed by atoms with E-state index in [2.05, 4.69) is 16.0 Å². The minimum atomic E-state index is -1.10. The van der Waals surface area contributed by atoms with Gasteiger partial charge in [0.1, 0.15) is 6.54 Å². The van der Waals surface area contributed by atoms with E-state index in [-0.39, 0.29) is 12.5 Å². The largest absolute Gasteiger partial charge is 0.271 e. The molecule has 8 heteroatoms. The zero-order valence-corrected chi connectivity index (χ0v) is 13.9. The zero-order chi connectivity index (χ0) is 17.0. The molecule has 0 saturated heterocycles. The van der Waals surface area contributed by atoms with Gasteiger partial charge in [-0.25, -0.2) is 0 Å². The lowest BCUT2D eigenvalue weighted by Crippen LogP contribution is -2.43. The first kappa shape index (κ1) is 16.9. The van der Waals surface area contributed by atoms with Gasteiger partial charge >= 0.3 is 0 Å². The van der Waals surface area contributed by atoms with Gasteiger partial charge in [-0.15, -0.1) is 0 Å². The maximum absolute atomic E-state index is 11.9. The highest BCUT2D eigenvalue weighted by molar-refractivity contribution is 7.84. The van der Waals surface area contributed by atoms with Crippen LogP contribution in [0.1, 0.15) is 21.7 Å². The van der Waals surface area contributed by atoms with Gasteiger partial charge in [-0.1, -0.05) is 0 Å². The van der Waals surface area contributed by atoms with E-state index < -0.39 is 16.7 Å². The monoisotopic (exact) mass is 334 g/mol. The summed E-state index contributed by atoms with van der Waals surface area (Å²) in [5.41, 5.74) is 6.74. The molecule has 0 radical (unpaired) electrons. The van der Waals surface area contributed by atoms with E-state index in [1.54, 1.807) is 35.2 Å². The highest BCUT2D eigenvalue weighted by Gasteiger charge is 2.10. The van der Waals surface area contributed by atoms with Gasteiger partial charge in [0.2, 0.25) is 0 Å². The molecule has 0 saturated carbocycles. The summed E-state index contributed by atoms with van der Waals surface area (Å²) in [6, 6.07) is 8.20. The number of nitrogens with one attached hydrogen (secondary N) is 2. The van der Waals surface area contributed by atoms with Crippen LogP contribution in [0.5, 0.6) is 0 Å². The summed E-state index contributed by atoms with van der Waals surface area (Å²) in [4.78, 5) is 24.4. The van der Waals surface area contributed by atoms with Gasteiger partial charge in [-0.2, -0.15) is 5.10 Å². The van der Waals surface area contributed by atoms with Gasteiger partial charge in [0.15, 0.2) is 0 Å². The molecule has 2 N–H and O–H groups in total. The van der Waals surface area contributed by atoms with E-state index in [0.717, 1.165) is 11.4 Å². The van der Waals surface area contributed by atoms with E-state index >= 15 is 0 Å². The van der Waals surface area contributed by atoms with Crippen molar-refractivity contribution in [1.29, 1.82) is 0 Å². The topological polar surface area (TPSA) is 93.1 Å². The number of carbonyl (C=O) groups is 2. The molecule has 0 fully saturated rings. The number of aryl methyl sites for hydroxylation is 2. The molecule has 1 unspecified atom stereocenters. The third-order valence-electron chi connectivity index (χ3n) is 3.16. The van der Waals surface area contributed by atoms with Gasteiger partial charge < -0.3 is 0 Å². The highest BCUT2D eigenvalue weighted by Crippen LogP contribution is 2.07. The molecule has 0 aliphatic heterocycles. The lowest BCUT2D eigenvalue weighted by molar-refractivity contribution is -0.122. The Bertz CT molecular complexity index is 753. The van der Waals surface area contributed by atoms with Crippen molar-refractivity contribution in [3.63, 3.8) is 0 Å². The molecule has 2 amide bonds. The molecular formula is C15H18N4O3S. The molecular weight excluding hydrogens is 316 g/mol. The molecule has 0 bridgehead atoms. The normalized spacial score (nSPS) is 11.8. The van der Waals surface area contributed by atoms with E-state index in [1.807, 2.05) is 19.9 Å². The number of hydrazine groups is 1. The molecule has 1 heterocycles. The molecule has 1 atom stereocenters. The van der Waals surface area contributed by atoms with Crippen LogP contribution in [0.4, 0.5) is 0 Å². The maximum Gasteiger partial charge on any atom is 0.269 e. The van der Waals surface area contributed by atoms with E-state index in [9.17, 15) is 13.8 Å². The van der Waals surface area contributed by atoms with Crippen LogP contribution < -0.4 is 10.9 Å². The van der Waals surface area contributed by atoms with Crippen LogP contribution in [0, 0.1) is 13.8 Å². The van der Waals surface area contributed by atoms with E-state index in [0.29, 0.717) is 10.5 Å². The minimum Gasteiger partial charge on any atom is -0.271 e. The Morgan fingerprint density at radius 2 is 1.83 bits per heavy atom. The highest BCUT2D eigenvalue weighted by atomic mass is 32.2. The third kappa shape index (κ3) is 4.49. The van der Waals surface area contributed by atoms with Crippen LogP contribution in [-0.2, 0) is 22.1 Å². The Balaban J connectivity index is 1.89. The van der Waals surface area contributed by atoms with Crippen molar-refractivity contribution in [3.8, 4) is 0 Å². The van der Waals surface area contributed by atoms with Gasteiger partial charge in [0.05, 0.1) is 5.69 Å². The van der Waals surface area contributed by atoms with Crippen LogP contribution in [-0.4, -0.2) is 32.1 Å². The van der Waals surface area contributed by atoms with Crippen molar-refractivity contribution in [1.82, 2.24) is 20.6 Å². The number of hydrogen-bond donors (Lipinski definition) is 2. The Kier molecular flexibility index (Phi) is 5.28. The van der Waals surface area contributed by atoms with Gasteiger partial charge in [-0.05, 0) is 44.2 Å². The summed E-state index contributed by atoms with van der Waals surface area (Å²) in [5.74, 6) is -0.823. The second kappa shape index (κ2) is 7.19. The molecule has 0 aliphatic rings. The van der Waals surface area contributed by atoms with E-state index in [4.69, 9.17) is 0 Å². The zero-order valence-electron chi connectivity index (χ0n) is 13.1. The van der Waals surface area contributed by atoms with Crippen molar-refractivity contribution in [2.24, 2.45) is 0 Å². The number of rotatable bonds is 4. The van der Waals surface area contributed by atoms with Crippen molar-refractivity contribution in [2.75, 3.05) is 6.26 Å². The van der Waals surface area contributed by atoms with Gasteiger partial charge in [0.25, 0.3) is 11.8 Å². The standard InChI is InChI=1S/C15H18N4O3S/c1-10-8-11(2)19(18-10)9-14(20)16-17-15(21)12-4-6-13(7-5-12)23(3)22/h4-8H,9H2,1-3H3,(H,16,20)(H,17,21). The molecule has 2 aromatic rings. The fraction of sp³-hybridized carbons (Fsp3) is 0.267. The summed E-state index contributed by atoms with van der Waals surface area (Å²) in [5, 5.41) is 4.18. The first-order valence-electron chi connectivity index (χ1n) is 6.90. The number of nitrogens with zero attached hydrogens (tertiary/aromatic N) is 2. The minimum absolute atomic E-state index is 0.0215. The van der Waals surface area contributed by atoms with Crippen LogP contribution in [0.2, 0.25) is 0 Å². The second-order valence-corrected chi connectivity index (χ2v) is 6.45. The van der Waals surface area contributed by atoms with Crippen LogP contribution in [0.15, 0.2) is 35.2 Å². The van der Waals surface area contributed by atoms with E-state index in [1.165, 1.54) is 0 Å². The smallest absolute Gasteiger partial charge is 0.269 e. The molecule has 1 aromatic carbocycles. The number of amides is 2. The average molecular weight is 334 g/mol. The van der Waals surface area contributed by atoms with Crippen LogP contribution in [0.3, 0.4) is 0 Å². The lowest BCUT2D eigenvalue weighted by atomic mass is 10.2. The number of carbonyl (C=O) groups excluding carboxylic acids is 2. The third-order valence-corrected chi connectivity index (χ3v) is 4.10. The molecule has 0 spiro atoms. The first-order chi connectivity index (χ1) is 10.9. The molecule has 23 heavy (non-hydrogen) atoms. The number of benzene rings is 1. The van der Waals surface area contributed by atoms with Crippen LogP contribution in [0.25, 0.3) is 0 Å². The molecule has 1 aromatic heterocycles. The Morgan fingerprint density at radius 3 is 2.35 bits per heavy atom. The Morgan fingerprint density at radius 1 is 1.17 bits per heavy atom. The summed E-state index contributed by atoms with van der Waals surface area (Å²) >= 11 is 0. The average Bonchev–Trinajstić information content (AvgIpc) is 2.82.